The lowest BCUT2D eigenvalue weighted by Gasteiger charge is -2.43. The van der Waals surface area contributed by atoms with Crippen LogP contribution >= 0.6 is 0 Å². The van der Waals surface area contributed by atoms with Gasteiger partial charge in [0.25, 0.3) is 5.56 Å². The molecule has 2 bridgehead atoms. The number of nitrogens with one attached hydrogen (secondary N) is 1. The lowest BCUT2D eigenvalue weighted by molar-refractivity contribution is -0.144. The number of esters is 1. The standard InChI is InChI=1S/C19H27N3O4/c1-4-12(2)17(18(24)26-3)20-19(25)21-9-13-8-14(11-21)15-6-5-7-16(23)22(15)10-13/h5-7,12-14,17H,4,8-11H2,1-3H3,(H,20,25)/t12-,13-,14-,17-/m0/s1. The van der Waals surface area contributed by atoms with Gasteiger partial charge in [-0.15, -0.1) is 0 Å². The Balaban J connectivity index is 1.74. The zero-order valence-corrected chi connectivity index (χ0v) is 15.6. The van der Waals surface area contributed by atoms with Crippen LogP contribution in [0, 0.1) is 11.8 Å². The average Bonchev–Trinajstić information content (AvgIpc) is 2.65. The minimum Gasteiger partial charge on any atom is -0.467 e. The predicted octanol–water partition coefficient (Wildman–Crippen LogP) is 1.56. The van der Waals surface area contributed by atoms with Crippen molar-refractivity contribution in [2.45, 2.75) is 45.2 Å². The molecule has 1 aromatic rings. The van der Waals surface area contributed by atoms with E-state index in [4.69, 9.17) is 4.74 Å². The fraction of sp³-hybridized carbons (Fsp3) is 0.632. The second-order valence-electron chi connectivity index (χ2n) is 7.44. The monoisotopic (exact) mass is 361 g/mol. The number of amides is 2. The van der Waals surface area contributed by atoms with Crippen LogP contribution in [0.5, 0.6) is 0 Å². The van der Waals surface area contributed by atoms with E-state index < -0.39 is 12.0 Å². The maximum absolute atomic E-state index is 12.8. The fourth-order valence-electron chi connectivity index (χ4n) is 4.08. The first-order valence-electron chi connectivity index (χ1n) is 9.27. The summed E-state index contributed by atoms with van der Waals surface area (Å²) in [7, 11) is 1.34. The van der Waals surface area contributed by atoms with Gasteiger partial charge in [0.2, 0.25) is 0 Å². The summed E-state index contributed by atoms with van der Waals surface area (Å²) in [5.74, 6) is -0.00797. The number of ether oxygens (including phenoxy) is 1. The van der Waals surface area contributed by atoms with Gasteiger partial charge >= 0.3 is 12.0 Å². The molecule has 0 aliphatic carbocycles. The fourth-order valence-corrected chi connectivity index (χ4v) is 4.08. The molecule has 3 heterocycles. The molecule has 26 heavy (non-hydrogen) atoms. The number of hydrogen-bond acceptors (Lipinski definition) is 4. The van der Waals surface area contributed by atoms with Gasteiger partial charge in [0.1, 0.15) is 6.04 Å². The van der Waals surface area contributed by atoms with E-state index in [9.17, 15) is 14.4 Å². The number of aromatic nitrogens is 1. The summed E-state index contributed by atoms with van der Waals surface area (Å²) in [6.07, 6.45) is 1.75. The molecule has 142 valence electrons. The number of piperidine rings is 1. The van der Waals surface area contributed by atoms with E-state index in [0.717, 1.165) is 18.5 Å². The Morgan fingerprint density at radius 3 is 2.77 bits per heavy atom. The number of hydrogen-bond donors (Lipinski definition) is 1. The molecule has 1 aromatic heterocycles. The summed E-state index contributed by atoms with van der Waals surface area (Å²) in [4.78, 5) is 38.7. The molecule has 0 saturated carbocycles. The van der Waals surface area contributed by atoms with Crippen molar-refractivity contribution in [3.63, 3.8) is 0 Å². The van der Waals surface area contributed by atoms with Crippen LogP contribution in [0.4, 0.5) is 4.79 Å². The first kappa shape index (κ1) is 18.5. The van der Waals surface area contributed by atoms with Crippen molar-refractivity contribution in [2.75, 3.05) is 20.2 Å². The number of likely N-dealkylation sites (tertiary alicyclic amines) is 1. The van der Waals surface area contributed by atoms with E-state index in [1.165, 1.54) is 7.11 Å². The molecule has 2 aliphatic heterocycles. The van der Waals surface area contributed by atoms with E-state index in [2.05, 4.69) is 5.32 Å². The lowest BCUT2D eigenvalue weighted by atomic mass is 9.83. The Morgan fingerprint density at radius 2 is 2.08 bits per heavy atom. The molecule has 2 aliphatic rings. The predicted molar refractivity (Wildman–Crippen MR) is 96.9 cm³/mol. The molecule has 7 heteroatoms. The zero-order chi connectivity index (χ0) is 18.8. The van der Waals surface area contributed by atoms with E-state index in [0.29, 0.717) is 19.6 Å². The molecule has 1 N–H and O–H groups in total. The number of nitrogens with zero attached hydrogens (tertiary/aromatic N) is 2. The smallest absolute Gasteiger partial charge is 0.328 e. The van der Waals surface area contributed by atoms with Crippen molar-refractivity contribution in [3.8, 4) is 0 Å². The molecule has 2 amide bonds. The summed E-state index contributed by atoms with van der Waals surface area (Å²) >= 11 is 0. The van der Waals surface area contributed by atoms with Crippen molar-refractivity contribution < 1.29 is 14.3 Å². The van der Waals surface area contributed by atoms with Gasteiger partial charge in [-0.05, 0) is 24.3 Å². The molecule has 0 unspecified atom stereocenters. The molecule has 0 radical (unpaired) electrons. The normalized spacial score (nSPS) is 23.6. The van der Waals surface area contributed by atoms with Crippen molar-refractivity contribution in [3.05, 3.63) is 34.2 Å². The molecule has 1 saturated heterocycles. The molecule has 7 nitrogen and oxygen atoms in total. The van der Waals surface area contributed by atoms with E-state index >= 15 is 0 Å². The average molecular weight is 361 g/mol. The highest BCUT2D eigenvalue weighted by Gasteiger charge is 2.37. The van der Waals surface area contributed by atoms with Crippen molar-refractivity contribution in [2.24, 2.45) is 11.8 Å². The Morgan fingerprint density at radius 1 is 1.31 bits per heavy atom. The molecular formula is C19H27N3O4. The van der Waals surface area contributed by atoms with E-state index in [-0.39, 0.29) is 29.3 Å². The second-order valence-corrected chi connectivity index (χ2v) is 7.44. The largest absolute Gasteiger partial charge is 0.467 e. The Bertz CT molecular complexity index is 745. The minimum absolute atomic E-state index is 0.00464. The first-order chi connectivity index (χ1) is 12.4. The highest BCUT2D eigenvalue weighted by atomic mass is 16.5. The molecular weight excluding hydrogens is 334 g/mol. The maximum atomic E-state index is 12.8. The van der Waals surface area contributed by atoms with Gasteiger partial charge in [-0.1, -0.05) is 26.3 Å². The number of carbonyl (C=O) groups excluding carboxylic acids is 2. The Kier molecular flexibility index (Phi) is 5.34. The maximum Gasteiger partial charge on any atom is 0.328 e. The number of methoxy groups -OCH3 is 1. The molecule has 0 spiro atoms. The number of rotatable bonds is 4. The van der Waals surface area contributed by atoms with Crippen molar-refractivity contribution >= 4 is 12.0 Å². The van der Waals surface area contributed by atoms with Crippen molar-refractivity contribution in [1.29, 1.82) is 0 Å². The van der Waals surface area contributed by atoms with Gasteiger partial charge in [0.05, 0.1) is 7.11 Å². The molecule has 4 atom stereocenters. The van der Waals surface area contributed by atoms with Crippen LogP contribution in [-0.4, -0.2) is 47.7 Å². The first-order valence-corrected chi connectivity index (χ1v) is 9.27. The van der Waals surface area contributed by atoms with Crippen LogP contribution in [0.3, 0.4) is 0 Å². The van der Waals surface area contributed by atoms with Crippen LogP contribution in [0.15, 0.2) is 23.0 Å². The van der Waals surface area contributed by atoms with Gasteiger partial charge in [-0.2, -0.15) is 0 Å². The summed E-state index contributed by atoms with van der Waals surface area (Å²) in [5, 5.41) is 2.86. The highest BCUT2D eigenvalue weighted by molar-refractivity contribution is 5.84. The highest BCUT2D eigenvalue weighted by Crippen LogP contribution is 2.34. The second kappa shape index (κ2) is 7.51. The number of carbonyl (C=O) groups is 2. The lowest BCUT2D eigenvalue weighted by Crippen LogP contribution is -2.55. The third kappa shape index (κ3) is 3.48. The van der Waals surface area contributed by atoms with Gasteiger partial charge < -0.3 is 19.5 Å². The van der Waals surface area contributed by atoms with Crippen LogP contribution in [0.1, 0.15) is 38.3 Å². The van der Waals surface area contributed by atoms with Crippen LogP contribution in [0.2, 0.25) is 0 Å². The summed E-state index contributed by atoms with van der Waals surface area (Å²) in [6.45, 7) is 5.70. The van der Waals surface area contributed by atoms with Gasteiger partial charge in [0, 0.05) is 37.3 Å². The third-order valence-corrected chi connectivity index (χ3v) is 5.71. The van der Waals surface area contributed by atoms with Gasteiger partial charge in [-0.25, -0.2) is 9.59 Å². The topological polar surface area (TPSA) is 80.6 Å². The SMILES string of the molecule is CC[C@H](C)[C@H](NC(=O)N1C[C@@H]2C[C@@H](C1)c1cccc(=O)n1C2)C(=O)OC. The Labute approximate surface area is 153 Å². The number of pyridine rings is 1. The quantitative estimate of drug-likeness (QED) is 0.826. The zero-order valence-electron chi connectivity index (χ0n) is 15.6. The molecule has 1 fully saturated rings. The summed E-state index contributed by atoms with van der Waals surface area (Å²) in [5.41, 5.74) is 1.02. The van der Waals surface area contributed by atoms with Crippen LogP contribution in [0.25, 0.3) is 0 Å². The third-order valence-electron chi connectivity index (χ3n) is 5.71. The van der Waals surface area contributed by atoms with E-state index in [1.54, 1.807) is 17.0 Å². The summed E-state index contributed by atoms with van der Waals surface area (Å²) < 4.78 is 6.69. The molecule has 0 aromatic carbocycles. The van der Waals surface area contributed by atoms with Crippen LogP contribution < -0.4 is 10.9 Å². The Hall–Kier alpha value is -2.31. The van der Waals surface area contributed by atoms with E-state index in [1.807, 2.05) is 24.5 Å². The van der Waals surface area contributed by atoms with Crippen LogP contribution in [-0.2, 0) is 16.1 Å². The minimum atomic E-state index is -0.644. The van der Waals surface area contributed by atoms with Gasteiger partial charge in [-0.3, -0.25) is 4.79 Å². The number of urea groups is 1. The molecule has 3 rings (SSSR count). The van der Waals surface area contributed by atoms with Gasteiger partial charge in [0.15, 0.2) is 0 Å². The van der Waals surface area contributed by atoms with Crippen molar-refractivity contribution in [1.82, 2.24) is 14.8 Å². The number of fused-ring (bicyclic) bond motifs is 4. The summed E-state index contributed by atoms with van der Waals surface area (Å²) in [6, 6.07) is 4.46.